The van der Waals surface area contributed by atoms with Crippen LogP contribution in [0.3, 0.4) is 0 Å². The molecule has 0 aliphatic carbocycles. The highest BCUT2D eigenvalue weighted by molar-refractivity contribution is 7.99. The Labute approximate surface area is 100 Å². The molecular formula is C10H19N5S. The van der Waals surface area contributed by atoms with Crippen molar-refractivity contribution in [2.75, 3.05) is 18.0 Å². The van der Waals surface area contributed by atoms with Crippen LogP contribution in [0.4, 0.5) is 5.95 Å². The van der Waals surface area contributed by atoms with E-state index in [1.165, 1.54) is 12.8 Å². The van der Waals surface area contributed by atoms with Gasteiger partial charge in [-0.05, 0) is 33.2 Å². The first kappa shape index (κ1) is 11.7. The molecule has 1 aromatic heterocycles. The summed E-state index contributed by atoms with van der Waals surface area (Å²) in [5.74, 6) is 1.56. The Kier molecular flexibility index (Phi) is 3.70. The zero-order valence-electron chi connectivity index (χ0n) is 9.81. The molecule has 2 rings (SSSR count). The van der Waals surface area contributed by atoms with E-state index >= 15 is 0 Å². The number of hydrogen-bond acceptors (Lipinski definition) is 5. The molecular weight excluding hydrogens is 222 g/mol. The predicted octanol–water partition coefficient (Wildman–Crippen LogP) is 1.29. The lowest BCUT2D eigenvalue weighted by molar-refractivity contribution is 0.556. The van der Waals surface area contributed by atoms with Gasteiger partial charge in [-0.1, -0.05) is 11.8 Å². The van der Waals surface area contributed by atoms with Gasteiger partial charge in [-0.15, -0.1) is 10.2 Å². The molecule has 6 heteroatoms. The highest BCUT2D eigenvalue weighted by atomic mass is 32.2. The Bertz CT molecular complexity index is 343. The average molecular weight is 241 g/mol. The van der Waals surface area contributed by atoms with E-state index in [4.69, 9.17) is 5.73 Å². The van der Waals surface area contributed by atoms with E-state index in [0.29, 0.717) is 18.0 Å². The number of anilines is 1. The summed E-state index contributed by atoms with van der Waals surface area (Å²) in [7, 11) is 0. The molecule has 1 aliphatic rings. The zero-order valence-corrected chi connectivity index (χ0v) is 10.6. The molecule has 90 valence electrons. The summed E-state index contributed by atoms with van der Waals surface area (Å²) in [5.41, 5.74) is 5.79. The lowest BCUT2D eigenvalue weighted by Crippen LogP contribution is -2.23. The van der Waals surface area contributed by atoms with Gasteiger partial charge in [0.2, 0.25) is 5.95 Å². The third kappa shape index (κ3) is 2.49. The van der Waals surface area contributed by atoms with Crippen LogP contribution in [0.25, 0.3) is 0 Å². The Morgan fingerprint density at radius 1 is 1.56 bits per heavy atom. The summed E-state index contributed by atoms with van der Waals surface area (Å²) < 4.78 is 1.99. The second-order valence-corrected chi connectivity index (χ2v) is 5.40. The first-order chi connectivity index (χ1) is 7.68. The largest absolute Gasteiger partial charge is 0.368 e. The maximum Gasteiger partial charge on any atom is 0.222 e. The number of hydrogen-bond donors (Lipinski definition) is 2. The molecule has 1 atom stereocenters. The quantitative estimate of drug-likeness (QED) is 0.777. The normalized spacial score (nSPS) is 20.8. The van der Waals surface area contributed by atoms with Crippen LogP contribution in [-0.4, -0.2) is 33.1 Å². The van der Waals surface area contributed by atoms with E-state index in [9.17, 15) is 0 Å². The smallest absolute Gasteiger partial charge is 0.222 e. The van der Waals surface area contributed by atoms with Crippen LogP contribution < -0.4 is 11.1 Å². The van der Waals surface area contributed by atoms with Crippen LogP contribution in [0.2, 0.25) is 0 Å². The number of rotatable bonds is 4. The van der Waals surface area contributed by atoms with Gasteiger partial charge in [0.25, 0.3) is 0 Å². The Hall–Kier alpha value is -0.750. The minimum Gasteiger partial charge on any atom is -0.368 e. The van der Waals surface area contributed by atoms with E-state index < -0.39 is 0 Å². The molecule has 0 spiro atoms. The van der Waals surface area contributed by atoms with Crippen molar-refractivity contribution in [1.82, 2.24) is 20.1 Å². The Morgan fingerprint density at radius 3 is 3.00 bits per heavy atom. The first-order valence-corrected chi connectivity index (χ1v) is 6.73. The van der Waals surface area contributed by atoms with E-state index in [2.05, 4.69) is 29.4 Å². The van der Waals surface area contributed by atoms with Gasteiger partial charge in [-0.3, -0.25) is 4.57 Å². The van der Waals surface area contributed by atoms with Crippen molar-refractivity contribution in [3.63, 3.8) is 0 Å². The van der Waals surface area contributed by atoms with Gasteiger partial charge in [0.15, 0.2) is 5.16 Å². The third-order valence-electron chi connectivity index (χ3n) is 2.78. The summed E-state index contributed by atoms with van der Waals surface area (Å²) >= 11 is 1.74. The number of nitrogens with two attached hydrogens (primary N) is 1. The molecule has 1 aliphatic heterocycles. The van der Waals surface area contributed by atoms with Crippen molar-refractivity contribution < 1.29 is 0 Å². The van der Waals surface area contributed by atoms with Crippen molar-refractivity contribution in [3.05, 3.63) is 0 Å². The Balaban J connectivity index is 1.97. The molecule has 0 bridgehead atoms. The molecule has 3 N–H and O–H groups in total. The Morgan fingerprint density at radius 2 is 2.38 bits per heavy atom. The van der Waals surface area contributed by atoms with E-state index in [0.717, 1.165) is 17.5 Å². The van der Waals surface area contributed by atoms with Crippen molar-refractivity contribution in [2.45, 2.75) is 43.9 Å². The van der Waals surface area contributed by atoms with Gasteiger partial charge in [-0.25, -0.2) is 0 Å². The van der Waals surface area contributed by atoms with Gasteiger partial charge < -0.3 is 11.1 Å². The summed E-state index contributed by atoms with van der Waals surface area (Å²) in [6, 6.07) is 0.928. The molecule has 1 aromatic rings. The highest BCUT2D eigenvalue weighted by Crippen LogP contribution is 2.24. The van der Waals surface area contributed by atoms with Gasteiger partial charge in [0.05, 0.1) is 0 Å². The van der Waals surface area contributed by atoms with Crippen LogP contribution in [0.1, 0.15) is 32.7 Å². The maximum absolute atomic E-state index is 5.79. The second-order valence-electron chi connectivity index (χ2n) is 4.41. The van der Waals surface area contributed by atoms with Crippen molar-refractivity contribution in [3.8, 4) is 0 Å². The van der Waals surface area contributed by atoms with Gasteiger partial charge >= 0.3 is 0 Å². The number of nitrogens with zero attached hydrogens (tertiary/aromatic N) is 3. The maximum atomic E-state index is 5.79. The minimum absolute atomic E-state index is 0.314. The molecule has 0 aromatic carbocycles. The summed E-state index contributed by atoms with van der Waals surface area (Å²) in [6.45, 7) is 5.33. The molecule has 0 saturated carbocycles. The monoisotopic (exact) mass is 241 g/mol. The molecule has 5 nitrogen and oxygen atoms in total. The number of nitrogens with one attached hydrogen (secondary N) is 1. The van der Waals surface area contributed by atoms with E-state index in [-0.39, 0.29) is 0 Å². The van der Waals surface area contributed by atoms with Crippen molar-refractivity contribution >= 4 is 17.7 Å². The van der Waals surface area contributed by atoms with E-state index in [1.54, 1.807) is 11.8 Å². The average Bonchev–Trinajstić information content (AvgIpc) is 2.83. The number of aromatic nitrogens is 3. The minimum atomic E-state index is 0.314. The molecule has 0 amide bonds. The van der Waals surface area contributed by atoms with Crippen LogP contribution in [0.5, 0.6) is 0 Å². The topological polar surface area (TPSA) is 68.8 Å². The summed E-state index contributed by atoms with van der Waals surface area (Å²) in [4.78, 5) is 0. The van der Waals surface area contributed by atoms with Crippen LogP contribution in [-0.2, 0) is 0 Å². The first-order valence-electron chi connectivity index (χ1n) is 5.75. The molecule has 0 unspecified atom stereocenters. The molecule has 0 radical (unpaired) electrons. The fourth-order valence-electron chi connectivity index (χ4n) is 1.95. The number of nitrogen functional groups attached to an aromatic ring is 1. The third-order valence-corrected chi connectivity index (χ3v) is 3.89. The zero-order chi connectivity index (χ0) is 11.5. The molecule has 16 heavy (non-hydrogen) atoms. The fraction of sp³-hybridized carbons (Fsp3) is 0.800. The van der Waals surface area contributed by atoms with Crippen molar-refractivity contribution in [1.29, 1.82) is 0 Å². The van der Waals surface area contributed by atoms with Crippen LogP contribution in [0.15, 0.2) is 5.16 Å². The molecule has 2 heterocycles. The molecule has 1 saturated heterocycles. The van der Waals surface area contributed by atoms with Gasteiger partial charge in [0, 0.05) is 17.8 Å². The summed E-state index contributed by atoms with van der Waals surface area (Å²) in [5, 5.41) is 12.5. The summed E-state index contributed by atoms with van der Waals surface area (Å²) in [6.07, 6.45) is 2.54. The lowest BCUT2D eigenvalue weighted by atomic mass is 10.3. The van der Waals surface area contributed by atoms with Crippen LogP contribution in [0, 0.1) is 0 Å². The number of thioether (sulfide) groups is 1. The lowest BCUT2D eigenvalue weighted by Gasteiger charge is -2.13. The fourth-order valence-corrected chi connectivity index (χ4v) is 3.12. The van der Waals surface area contributed by atoms with Gasteiger partial charge in [-0.2, -0.15) is 0 Å². The van der Waals surface area contributed by atoms with Crippen LogP contribution >= 0.6 is 11.8 Å². The standard InChI is InChI=1S/C10H19N5S/c1-7(2)15-9(11)13-14-10(15)16-6-8-4-3-5-12-8/h7-8,12H,3-6H2,1-2H3,(H2,11,13)/t8-/m0/s1. The van der Waals surface area contributed by atoms with Gasteiger partial charge in [0.1, 0.15) is 0 Å². The molecule has 1 fully saturated rings. The van der Waals surface area contributed by atoms with E-state index in [1.807, 2.05) is 4.57 Å². The highest BCUT2D eigenvalue weighted by Gasteiger charge is 2.17. The second kappa shape index (κ2) is 5.05. The predicted molar refractivity (Wildman–Crippen MR) is 66.6 cm³/mol. The van der Waals surface area contributed by atoms with Crippen molar-refractivity contribution in [2.24, 2.45) is 0 Å². The SMILES string of the molecule is CC(C)n1c(N)nnc1SC[C@@H]1CCCN1.